The second-order valence-electron chi connectivity index (χ2n) is 19.7. The van der Waals surface area contributed by atoms with Crippen LogP contribution < -0.4 is 85.2 Å². The number of aliphatic hydroxyl groups excluding tert-OH is 1. The van der Waals surface area contributed by atoms with E-state index in [0.717, 1.165) is 116 Å². The third kappa shape index (κ3) is 121. The zero-order valence-electron chi connectivity index (χ0n) is 71.0. The summed E-state index contributed by atoms with van der Waals surface area (Å²) < 4.78 is 21.2. The lowest BCUT2D eigenvalue weighted by Gasteiger charge is -2.10. The van der Waals surface area contributed by atoms with Gasteiger partial charge in [0.1, 0.15) is 0 Å². The van der Waals surface area contributed by atoms with Crippen molar-refractivity contribution in [2.45, 2.75) is 261 Å². The number of hydrogen-bond acceptors (Lipinski definition) is 20. The number of hydrogen-bond donors (Lipinski definition) is 17. The summed E-state index contributed by atoms with van der Waals surface area (Å²) in [4.78, 5) is 56.2. The summed E-state index contributed by atoms with van der Waals surface area (Å²) in [6, 6.07) is 2.94. The first kappa shape index (κ1) is 123. The van der Waals surface area contributed by atoms with Gasteiger partial charge in [-0.15, -0.1) is 0 Å². The molecule has 8 saturated heterocycles. The molecule has 24 nitrogen and oxygen atoms in total. The molecule has 11 heterocycles. The highest BCUT2D eigenvalue weighted by Crippen LogP contribution is 2.03. The molecule has 0 atom stereocenters. The molecule has 0 radical (unpaired) electrons. The first-order valence-corrected chi connectivity index (χ1v) is 43.2. The van der Waals surface area contributed by atoms with Crippen LogP contribution in [-0.4, -0.2) is 202 Å². The van der Waals surface area contributed by atoms with E-state index in [0.29, 0.717) is 50.7 Å². The maximum Gasteiger partial charge on any atom is 0.233 e. The van der Waals surface area contributed by atoms with E-state index in [-0.39, 0.29) is 35.2 Å². The molecule has 0 unspecified atom stereocenters. The van der Waals surface area contributed by atoms with Gasteiger partial charge in [0.15, 0.2) is 15.3 Å². The average Bonchev–Trinajstić information content (AvgIpc) is 1.00. The van der Waals surface area contributed by atoms with Crippen LogP contribution in [-0.2, 0) is 29.0 Å². The van der Waals surface area contributed by atoms with Gasteiger partial charge >= 0.3 is 0 Å². The molecule has 1 aromatic heterocycles. The first-order chi connectivity index (χ1) is 51.0. The number of rotatable bonds is 0. The minimum absolute atomic E-state index is 0.0405. The monoisotopic (exact) mass is 1530 g/mol. The lowest BCUT2D eigenvalue weighted by molar-refractivity contribution is -0.121. The van der Waals surface area contributed by atoms with Gasteiger partial charge in [-0.25, -0.2) is 8.42 Å². The lowest BCUT2D eigenvalue weighted by Crippen LogP contribution is -2.35. The lowest BCUT2D eigenvalue weighted by atomic mass is 10.2. The van der Waals surface area contributed by atoms with Gasteiger partial charge in [0.2, 0.25) is 23.6 Å². The number of nitrogens with one attached hydrogen (secondary N) is 16. The molecule has 10 aliphatic rings. The zero-order chi connectivity index (χ0) is 81.5. The predicted molar refractivity (Wildman–Crippen MR) is 460 cm³/mol. The Labute approximate surface area is 646 Å². The van der Waals surface area contributed by atoms with Crippen molar-refractivity contribution in [2.75, 3.05) is 149 Å². The molecule has 104 heavy (non-hydrogen) atoms. The van der Waals surface area contributed by atoms with E-state index in [4.69, 9.17) is 17.3 Å². The van der Waals surface area contributed by atoms with Crippen LogP contribution in [0.3, 0.4) is 0 Å². The van der Waals surface area contributed by atoms with Crippen molar-refractivity contribution in [1.82, 2.24) is 84.7 Å². The highest BCUT2D eigenvalue weighted by atomic mass is 32.2. The first-order valence-electron chi connectivity index (χ1n) is 40.9. The van der Waals surface area contributed by atoms with Gasteiger partial charge in [-0.3, -0.25) is 29.3 Å². The van der Waals surface area contributed by atoms with Gasteiger partial charge in [-0.1, -0.05) is 184 Å². The maximum atomic E-state index is 10.6. The fraction of sp³-hybridized carbons (Fsp3) is 0.795. The van der Waals surface area contributed by atoms with E-state index >= 15 is 0 Å². The van der Waals surface area contributed by atoms with Crippen LogP contribution in [0.5, 0.6) is 0 Å². The highest BCUT2D eigenvalue weighted by Gasteiger charge is 2.13. The van der Waals surface area contributed by atoms with Crippen LogP contribution >= 0.6 is 12.2 Å². The number of sulfone groups is 1. The fourth-order valence-corrected chi connectivity index (χ4v) is 8.82. The van der Waals surface area contributed by atoms with Gasteiger partial charge in [-0.2, -0.15) is 0 Å². The molecule has 10 aliphatic heterocycles. The molecule has 26 heteroatoms. The molecule has 1 aromatic rings. The topological polar surface area (TPSA) is 336 Å². The van der Waals surface area contributed by atoms with Gasteiger partial charge in [0.05, 0.1) is 30.8 Å². The van der Waals surface area contributed by atoms with E-state index in [2.05, 4.69) is 84.7 Å². The van der Waals surface area contributed by atoms with Crippen molar-refractivity contribution in [3.63, 3.8) is 0 Å². The number of aromatic nitrogens is 1. The number of aromatic amines is 1. The number of carbonyl (C=O) groups excluding carboxylic acids is 4. The molecule has 0 spiro atoms. The third-order valence-corrected chi connectivity index (χ3v) is 14.3. The van der Waals surface area contributed by atoms with E-state index in [1.54, 1.807) is 36.9 Å². The molecular weight excluding hydrogens is 1350 g/mol. The van der Waals surface area contributed by atoms with Crippen LogP contribution in [0.4, 0.5) is 0 Å². The summed E-state index contributed by atoms with van der Waals surface area (Å²) in [6.07, 6.45) is 31.5. The molecule has 0 aromatic carbocycles. The van der Waals surface area contributed by atoms with Crippen molar-refractivity contribution in [3.8, 4) is 0 Å². The molecule has 0 aliphatic carbocycles. The highest BCUT2D eigenvalue weighted by molar-refractivity contribution is 7.91. The SMILES string of the molecule is C1CCCNCC1.C1CCNCNC1.C1CNCCNC1.CC.CC.CC.CC.CC.CC.CC.CC.CC.CC.CC.O=C1CCCCCN1.O=C1CCCNCN1.O=C1CCNCCN1.O=C1CNCCCN1.O=S1(=O)CCNCC1.O=c1cc[nH]cc1.OC1C=CNC=C1.S=C1C=CNCC1. The Kier molecular flexibility index (Phi) is 144. The number of allylic oxidation sites excluding steroid dienone is 1. The second kappa shape index (κ2) is 122. The smallest absolute Gasteiger partial charge is 0.233 e. The van der Waals surface area contributed by atoms with Gasteiger partial charge < -0.3 is 84.5 Å². The number of thiocarbonyl (C=S) groups is 1. The van der Waals surface area contributed by atoms with Gasteiger partial charge in [0.25, 0.3) is 0 Å². The maximum absolute atomic E-state index is 10.6. The van der Waals surface area contributed by atoms with Crippen LogP contribution in [0.25, 0.3) is 0 Å². The Morgan fingerprint density at radius 2 is 0.721 bits per heavy atom. The quantitative estimate of drug-likeness (QED) is 0.107. The molecule has 4 amide bonds. The Hall–Kier alpha value is -4.71. The van der Waals surface area contributed by atoms with Crippen molar-refractivity contribution in [1.29, 1.82) is 0 Å². The summed E-state index contributed by atoms with van der Waals surface area (Å²) in [5.74, 6) is 1.29. The van der Waals surface area contributed by atoms with E-state index < -0.39 is 9.84 Å². The average molecular weight is 1530 g/mol. The Morgan fingerprint density at radius 1 is 0.346 bits per heavy atom. The molecule has 0 saturated carbocycles. The van der Waals surface area contributed by atoms with Crippen molar-refractivity contribution in [2.24, 2.45) is 0 Å². The normalized spacial score (nSPS) is 17.5. The summed E-state index contributed by atoms with van der Waals surface area (Å²) in [7, 11) is -2.65. The number of carbonyl (C=O) groups is 4. The van der Waals surface area contributed by atoms with Crippen LogP contribution in [0.1, 0.15) is 255 Å². The van der Waals surface area contributed by atoms with Gasteiger partial charge in [0, 0.05) is 121 Å². The standard InChI is InChI=1S/C6H11NO.C6H13N.3C5H10N2O.2C5H12N2.C5H7NO.C5H5NO.C5H7NS.C4H9NO2S.11C2H6/c8-6-4-2-1-3-5-7-6;1-2-4-6-7-5-3-1;8-5-1-2-6-3-4-7-5;8-5-4-6-2-1-3-7-5;8-5-2-1-3-6-4-7-5;1-2-6-4-5-7-3-1;1-2-4-7-5-6-3-1;3*7-5-1-3-6-4-2-5;6-8(7)3-1-5-2-4-8;11*1-2/h1-5H2,(H,7,8);7H,1-6H2;3*6H,1-4H2,(H,7,8);2*6-7H,1-5H2;1-7H;1-4H,(H,6,7);1,3,6H,2,4H2;5H,1-4H2;11*1-2H3. The van der Waals surface area contributed by atoms with Gasteiger partial charge in [-0.05, 0) is 153 Å². The fourth-order valence-electron chi connectivity index (χ4n) is 7.53. The molecule has 11 rings (SSSR count). The molecule has 0 bridgehead atoms. The van der Waals surface area contributed by atoms with Crippen molar-refractivity contribution < 1.29 is 32.7 Å². The van der Waals surface area contributed by atoms with E-state index in [9.17, 15) is 32.4 Å². The Bertz CT molecular complexity index is 1760. The largest absolute Gasteiger partial charge is 0.390 e. The zero-order valence-corrected chi connectivity index (χ0v) is 72.7. The minimum Gasteiger partial charge on any atom is -0.390 e. The number of H-pyrrole nitrogens is 1. The number of aliphatic hydroxyl groups is 1. The van der Waals surface area contributed by atoms with Crippen molar-refractivity contribution >= 4 is 50.5 Å². The summed E-state index contributed by atoms with van der Waals surface area (Å²) in [5.41, 5.74) is 0.0405. The minimum atomic E-state index is -2.65. The number of amides is 4. The summed E-state index contributed by atoms with van der Waals surface area (Å²) >= 11 is 4.88. The Morgan fingerprint density at radius 3 is 1.18 bits per heavy atom. The second-order valence-corrected chi connectivity index (χ2v) is 22.5. The van der Waals surface area contributed by atoms with E-state index in [1.165, 1.54) is 103 Å². The summed E-state index contributed by atoms with van der Waals surface area (Å²) in [6.45, 7) is 64.1. The van der Waals surface area contributed by atoms with Crippen molar-refractivity contribution in [3.05, 3.63) is 71.6 Å². The summed E-state index contributed by atoms with van der Waals surface area (Å²) in [5, 5.41) is 54.0. The molecule has 624 valence electrons. The third-order valence-electron chi connectivity index (χ3n) is 12.3. The molecular formula is C78H172N16O8S2. The molecule has 8 fully saturated rings. The van der Waals surface area contributed by atoms with Crippen LogP contribution in [0.15, 0.2) is 66.1 Å². The number of dihydropyridines is 1. The number of pyridine rings is 1. The van der Waals surface area contributed by atoms with E-state index in [1.807, 2.05) is 165 Å². The molecule has 17 N–H and O–H groups in total. The van der Waals surface area contributed by atoms with Crippen LogP contribution in [0, 0.1) is 0 Å². The van der Waals surface area contributed by atoms with Crippen LogP contribution in [0.2, 0.25) is 0 Å². The predicted octanol–water partition coefficient (Wildman–Crippen LogP) is 10.5. The Balaban J connectivity index is -0.0000000989.